The molecule has 0 aromatic carbocycles. The normalized spacial score (nSPS) is 11.1. The first-order valence-corrected chi connectivity index (χ1v) is 6.37. The molecule has 1 N–H and O–H groups in total. The van der Waals surface area contributed by atoms with Gasteiger partial charge in [-0.15, -0.1) is 0 Å². The lowest BCUT2D eigenvalue weighted by Crippen LogP contribution is -2.11. The Kier molecular flexibility index (Phi) is 4.70. The van der Waals surface area contributed by atoms with Crippen LogP contribution in [0.5, 0.6) is 0 Å². The lowest BCUT2D eigenvalue weighted by Gasteiger charge is -2.09. The van der Waals surface area contributed by atoms with Crippen LogP contribution in [0.15, 0.2) is 18.2 Å². The molecule has 2 rings (SSSR count). The zero-order valence-corrected chi connectivity index (χ0v) is 11.6. The Bertz CT molecular complexity index is 606. The van der Waals surface area contributed by atoms with Crippen molar-refractivity contribution in [1.82, 2.24) is 9.55 Å². The second-order valence-corrected chi connectivity index (χ2v) is 4.44. The van der Waals surface area contributed by atoms with Crippen LogP contribution in [0.3, 0.4) is 0 Å². The summed E-state index contributed by atoms with van der Waals surface area (Å²) in [5, 5.41) is 9.97. The maximum atomic E-state index is 11.0. The molecular weight excluding hydrogens is 260 g/mol. The van der Waals surface area contributed by atoms with Crippen molar-refractivity contribution < 1.29 is 19.4 Å². The number of carboxylic acid groups (broad SMARTS) is 1. The highest BCUT2D eigenvalue weighted by Gasteiger charge is 2.13. The van der Waals surface area contributed by atoms with Gasteiger partial charge in [0.2, 0.25) is 0 Å². The predicted octanol–water partition coefficient (Wildman–Crippen LogP) is 1.57. The molecule has 6 nitrogen and oxygen atoms in total. The molecule has 0 radical (unpaired) electrons. The van der Waals surface area contributed by atoms with E-state index in [-0.39, 0.29) is 5.69 Å². The van der Waals surface area contributed by atoms with Gasteiger partial charge in [-0.05, 0) is 18.2 Å². The van der Waals surface area contributed by atoms with Crippen LogP contribution in [0.4, 0.5) is 0 Å². The van der Waals surface area contributed by atoms with Crippen LogP contribution in [0.25, 0.3) is 11.0 Å². The van der Waals surface area contributed by atoms with Crippen molar-refractivity contribution in [3.05, 3.63) is 29.6 Å². The van der Waals surface area contributed by atoms with Crippen molar-refractivity contribution in [2.45, 2.75) is 13.0 Å². The molecule has 2 aromatic rings. The molecule has 108 valence electrons. The molecule has 0 atom stereocenters. The minimum Gasteiger partial charge on any atom is -0.477 e. The van der Waals surface area contributed by atoms with Gasteiger partial charge >= 0.3 is 5.97 Å². The summed E-state index contributed by atoms with van der Waals surface area (Å²) >= 11 is 0. The van der Waals surface area contributed by atoms with Crippen LogP contribution < -0.4 is 0 Å². The number of hydrogen-bond donors (Lipinski definition) is 1. The number of methoxy groups -OCH3 is 2. The number of fused-ring (bicyclic) bond motifs is 1. The summed E-state index contributed by atoms with van der Waals surface area (Å²) in [7, 11) is 3.29. The Morgan fingerprint density at radius 2 is 2.05 bits per heavy atom. The van der Waals surface area contributed by atoms with E-state index < -0.39 is 5.97 Å². The van der Waals surface area contributed by atoms with E-state index >= 15 is 0 Å². The van der Waals surface area contributed by atoms with Gasteiger partial charge in [0.05, 0.1) is 13.2 Å². The third-order valence-electron chi connectivity index (χ3n) is 3.13. The van der Waals surface area contributed by atoms with Crippen molar-refractivity contribution in [1.29, 1.82) is 0 Å². The smallest absolute Gasteiger partial charge is 0.354 e. The van der Waals surface area contributed by atoms with Gasteiger partial charge in [0.25, 0.3) is 0 Å². The highest BCUT2D eigenvalue weighted by molar-refractivity contribution is 5.89. The Morgan fingerprint density at radius 3 is 2.70 bits per heavy atom. The number of nitrogens with zero attached hydrogens (tertiary/aromatic N) is 2. The summed E-state index contributed by atoms with van der Waals surface area (Å²) in [6, 6.07) is 5.32. The van der Waals surface area contributed by atoms with Gasteiger partial charge in [0.15, 0.2) is 5.69 Å². The molecule has 0 aliphatic rings. The van der Waals surface area contributed by atoms with Gasteiger partial charge in [-0.3, -0.25) is 0 Å². The van der Waals surface area contributed by atoms with E-state index in [1.54, 1.807) is 20.3 Å². The topological polar surface area (TPSA) is 73.6 Å². The number of aromatic carboxylic acids is 1. The summed E-state index contributed by atoms with van der Waals surface area (Å²) in [6.07, 6.45) is 0.749. The largest absolute Gasteiger partial charge is 0.477 e. The molecule has 0 spiro atoms. The summed E-state index contributed by atoms with van der Waals surface area (Å²) in [6.45, 7) is 1.78. The van der Waals surface area contributed by atoms with Crippen LogP contribution in [0, 0.1) is 0 Å². The van der Waals surface area contributed by atoms with Crippen molar-refractivity contribution in [2.75, 3.05) is 27.4 Å². The Morgan fingerprint density at radius 1 is 1.30 bits per heavy atom. The third-order valence-corrected chi connectivity index (χ3v) is 3.13. The summed E-state index contributed by atoms with van der Waals surface area (Å²) in [5.41, 5.74) is 1.79. The highest BCUT2D eigenvalue weighted by Crippen LogP contribution is 2.19. The van der Waals surface area contributed by atoms with Gasteiger partial charge in [0.1, 0.15) is 5.65 Å². The predicted molar refractivity (Wildman–Crippen MR) is 74.1 cm³/mol. The lowest BCUT2D eigenvalue weighted by atomic mass is 10.2. The number of rotatable bonds is 7. The zero-order valence-electron chi connectivity index (χ0n) is 11.6. The molecule has 0 saturated heterocycles. The minimum atomic E-state index is -1.02. The molecule has 0 saturated carbocycles. The molecule has 0 fully saturated rings. The Labute approximate surface area is 116 Å². The maximum absolute atomic E-state index is 11.0. The highest BCUT2D eigenvalue weighted by atomic mass is 16.5. The molecule has 0 amide bonds. The van der Waals surface area contributed by atoms with Crippen molar-refractivity contribution in [3.8, 4) is 0 Å². The molecular formula is C14H18N2O4. The fraction of sp³-hybridized carbons (Fsp3) is 0.429. The average molecular weight is 278 g/mol. The molecule has 0 aliphatic carbocycles. The number of ether oxygens (including phenoxy) is 2. The minimum absolute atomic E-state index is 0.0487. The average Bonchev–Trinajstić information content (AvgIpc) is 2.79. The van der Waals surface area contributed by atoms with Crippen LogP contribution in [-0.4, -0.2) is 48.1 Å². The number of carboxylic acids is 1. The van der Waals surface area contributed by atoms with E-state index in [9.17, 15) is 4.79 Å². The molecule has 0 bridgehead atoms. The zero-order chi connectivity index (χ0) is 14.5. The summed E-state index contributed by atoms with van der Waals surface area (Å²) < 4.78 is 12.2. The lowest BCUT2D eigenvalue weighted by molar-refractivity contribution is 0.0691. The first kappa shape index (κ1) is 14.5. The number of pyridine rings is 1. The SMILES string of the molecule is COCCc1cc2ccc(C(=O)O)nc2n1CCOC. The fourth-order valence-corrected chi connectivity index (χ4v) is 2.15. The van der Waals surface area contributed by atoms with Gasteiger partial charge < -0.3 is 19.1 Å². The molecule has 20 heavy (non-hydrogen) atoms. The van der Waals surface area contributed by atoms with E-state index in [2.05, 4.69) is 4.98 Å². The van der Waals surface area contributed by atoms with Gasteiger partial charge in [0, 0.05) is 38.3 Å². The number of carbonyl (C=O) groups is 1. The second kappa shape index (κ2) is 6.49. The van der Waals surface area contributed by atoms with Crippen molar-refractivity contribution in [2.24, 2.45) is 0 Å². The quantitative estimate of drug-likeness (QED) is 0.832. The first-order valence-electron chi connectivity index (χ1n) is 6.37. The molecule has 0 aliphatic heterocycles. The van der Waals surface area contributed by atoms with Crippen LogP contribution in [0.2, 0.25) is 0 Å². The second-order valence-electron chi connectivity index (χ2n) is 4.44. The van der Waals surface area contributed by atoms with Gasteiger partial charge in [-0.25, -0.2) is 9.78 Å². The molecule has 6 heteroatoms. The Hall–Kier alpha value is -1.92. The number of hydrogen-bond acceptors (Lipinski definition) is 4. The van der Waals surface area contributed by atoms with Gasteiger partial charge in [-0.1, -0.05) is 0 Å². The molecule has 2 heterocycles. The van der Waals surface area contributed by atoms with Crippen LogP contribution >= 0.6 is 0 Å². The monoisotopic (exact) mass is 278 g/mol. The van der Waals surface area contributed by atoms with E-state index in [0.29, 0.717) is 25.4 Å². The fourth-order valence-electron chi connectivity index (χ4n) is 2.15. The van der Waals surface area contributed by atoms with E-state index in [1.807, 2.05) is 10.6 Å². The number of aromatic nitrogens is 2. The third kappa shape index (κ3) is 2.97. The van der Waals surface area contributed by atoms with Crippen molar-refractivity contribution >= 4 is 17.0 Å². The van der Waals surface area contributed by atoms with Crippen molar-refractivity contribution in [3.63, 3.8) is 0 Å². The summed E-state index contributed by atoms with van der Waals surface area (Å²) in [5.74, 6) is -1.02. The van der Waals surface area contributed by atoms with E-state index in [1.165, 1.54) is 6.07 Å². The van der Waals surface area contributed by atoms with E-state index in [0.717, 1.165) is 17.5 Å². The standard InChI is InChI=1S/C14H18N2O4/c1-19-7-5-11-9-10-3-4-12(14(17)18)15-13(10)16(11)6-8-20-2/h3-4,9H,5-8H2,1-2H3,(H,17,18). The van der Waals surface area contributed by atoms with Crippen LogP contribution in [0.1, 0.15) is 16.2 Å². The van der Waals surface area contributed by atoms with E-state index in [4.69, 9.17) is 14.6 Å². The van der Waals surface area contributed by atoms with Gasteiger partial charge in [-0.2, -0.15) is 0 Å². The summed E-state index contributed by atoms with van der Waals surface area (Å²) in [4.78, 5) is 15.3. The Balaban J connectivity index is 2.46. The molecule has 2 aromatic heterocycles. The van der Waals surface area contributed by atoms with Crippen LogP contribution in [-0.2, 0) is 22.4 Å². The molecule has 0 unspecified atom stereocenters. The first-order chi connectivity index (χ1) is 9.67. The maximum Gasteiger partial charge on any atom is 0.354 e.